The van der Waals surface area contributed by atoms with E-state index in [2.05, 4.69) is 43.9 Å². The fourth-order valence-electron chi connectivity index (χ4n) is 0.853. The van der Waals surface area contributed by atoms with Crippen molar-refractivity contribution in [3.05, 3.63) is 10.4 Å². The second-order valence-electron chi connectivity index (χ2n) is 5.10. The third-order valence-electron chi connectivity index (χ3n) is 2.82. The fraction of sp³-hybridized carbons (Fsp3) is 1.00. The minimum atomic E-state index is -1.88. The van der Waals surface area contributed by atoms with Gasteiger partial charge < -0.3 is 9.53 Å². The minimum absolute atomic E-state index is 0.0940. The van der Waals surface area contributed by atoms with Crippen LogP contribution in [0.1, 0.15) is 20.8 Å². The first-order valence-electron chi connectivity index (χ1n) is 5.04. The third-order valence-corrected chi connectivity index (χ3v) is 7.35. The molecule has 5 nitrogen and oxygen atoms in total. The van der Waals surface area contributed by atoms with Gasteiger partial charge in [0.25, 0.3) is 0 Å². The summed E-state index contributed by atoms with van der Waals surface area (Å²) in [6.45, 7) is 10.7. The predicted octanol–water partition coefficient (Wildman–Crippen LogP) is 2.68. The highest BCUT2D eigenvalue weighted by Gasteiger charge is 2.38. The van der Waals surface area contributed by atoms with Crippen molar-refractivity contribution in [2.24, 2.45) is 5.11 Å². The molecular formula is C9H21N3O2Si. The highest BCUT2D eigenvalue weighted by atomic mass is 28.4. The number of hydrogen-bond donors (Lipinski definition) is 1. The van der Waals surface area contributed by atoms with Gasteiger partial charge in [0.1, 0.15) is 0 Å². The average molecular weight is 231 g/mol. The van der Waals surface area contributed by atoms with Crippen molar-refractivity contribution in [3.63, 3.8) is 0 Å². The van der Waals surface area contributed by atoms with E-state index < -0.39 is 8.32 Å². The third kappa shape index (κ3) is 4.66. The van der Waals surface area contributed by atoms with Gasteiger partial charge in [-0.05, 0) is 23.7 Å². The number of aliphatic hydroxyl groups is 1. The van der Waals surface area contributed by atoms with Crippen LogP contribution in [0.3, 0.4) is 0 Å². The maximum absolute atomic E-state index is 9.10. The standard InChI is InChI=1S/C9H21N3O2Si/c1-9(2,3)15(4,5)14-8(7-13)6-11-12-10/h8,13H,6-7H2,1-5H3/t8-/m0/s1. The molecule has 0 bridgehead atoms. The van der Waals surface area contributed by atoms with Crippen LogP contribution in [0.25, 0.3) is 10.4 Å². The van der Waals surface area contributed by atoms with E-state index in [0.717, 1.165) is 0 Å². The molecule has 0 aliphatic heterocycles. The van der Waals surface area contributed by atoms with Gasteiger partial charge in [0.2, 0.25) is 0 Å². The topological polar surface area (TPSA) is 78.2 Å². The summed E-state index contributed by atoms with van der Waals surface area (Å²) < 4.78 is 5.88. The van der Waals surface area contributed by atoms with Gasteiger partial charge in [0, 0.05) is 4.91 Å². The zero-order valence-electron chi connectivity index (χ0n) is 10.2. The van der Waals surface area contributed by atoms with Gasteiger partial charge in [0.15, 0.2) is 8.32 Å². The second kappa shape index (κ2) is 5.51. The van der Waals surface area contributed by atoms with E-state index >= 15 is 0 Å². The van der Waals surface area contributed by atoms with Crippen molar-refractivity contribution in [2.45, 2.75) is 45.0 Å². The first kappa shape index (κ1) is 14.4. The largest absolute Gasteiger partial charge is 0.411 e. The van der Waals surface area contributed by atoms with E-state index in [4.69, 9.17) is 15.1 Å². The van der Waals surface area contributed by atoms with Crippen LogP contribution in [-0.2, 0) is 4.43 Å². The molecule has 0 aliphatic rings. The molecule has 0 amide bonds. The Morgan fingerprint density at radius 3 is 2.33 bits per heavy atom. The summed E-state index contributed by atoms with van der Waals surface area (Å²) in [5.41, 5.74) is 8.20. The van der Waals surface area contributed by atoms with Crippen LogP contribution in [0.15, 0.2) is 5.11 Å². The van der Waals surface area contributed by atoms with Crippen LogP contribution in [0, 0.1) is 0 Å². The molecule has 0 aliphatic carbocycles. The maximum atomic E-state index is 9.10. The lowest BCUT2D eigenvalue weighted by molar-refractivity contribution is 0.109. The van der Waals surface area contributed by atoms with Crippen molar-refractivity contribution in [3.8, 4) is 0 Å². The van der Waals surface area contributed by atoms with Crippen LogP contribution in [-0.4, -0.2) is 32.7 Å². The molecular weight excluding hydrogens is 210 g/mol. The molecule has 0 radical (unpaired) electrons. The fourth-order valence-corrected chi connectivity index (χ4v) is 2.19. The van der Waals surface area contributed by atoms with Gasteiger partial charge in [0.05, 0.1) is 19.3 Å². The monoisotopic (exact) mass is 231 g/mol. The molecule has 15 heavy (non-hydrogen) atoms. The lowest BCUT2D eigenvalue weighted by Gasteiger charge is -2.38. The van der Waals surface area contributed by atoms with Crippen molar-refractivity contribution in [2.75, 3.05) is 13.2 Å². The Morgan fingerprint density at radius 1 is 1.47 bits per heavy atom. The van der Waals surface area contributed by atoms with Gasteiger partial charge in [-0.25, -0.2) is 0 Å². The Kier molecular flexibility index (Phi) is 5.31. The quantitative estimate of drug-likeness (QED) is 0.342. The number of hydrogen-bond acceptors (Lipinski definition) is 3. The molecule has 88 valence electrons. The lowest BCUT2D eigenvalue weighted by Crippen LogP contribution is -2.45. The summed E-state index contributed by atoms with van der Waals surface area (Å²) in [6.07, 6.45) is -0.373. The summed E-state index contributed by atoms with van der Waals surface area (Å²) >= 11 is 0. The van der Waals surface area contributed by atoms with E-state index in [-0.39, 0.29) is 24.3 Å². The van der Waals surface area contributed by atoms with Crippen LogP contribution in [0.4, 0.5) is 0 Å². The average Bonchev–Trinajstić information content (AvgIpc) is 2.10. The Bertz CT molecular complexity index is 244. The normalized spacial score (nSPS) is 14.5. The highest BCUT2D eigenvalue weighted by molar-refractivity contribution is 6.74. The zero-order valence-corrected chi connectivity index (χ0v) is 11.2. The first-order valence-corrected chi connectivity index (χ1v) is 7.95. The Balaban J connectivity index is 4.46. The van der Waals surface area contributed by atoms with Crippen LogP contribution >= 0.6 is 0 Å². The van der Waals surface area contributed by atoms with E-state index in [1.807, 2.05) is 0 Å². The molecule has 0 saturated heterocycles. The summed E-state index contributed by atoms with van der Waals surface area (Å²) in [5, 5.41) is 12.6. The molecule has 0 heterocycles. The van der Waals surface area contributed by atoms with Crippen LogP contribution < -0.4 is 0 Å². The lowest BCUT2D eigenvalue weighted by atomic mass is 10.2. The van der Waals surface area contributed by atoms with Gasteiger partial charge in [-0.1, -0.05) is 25.9 Å². The predicted molar refractivity (Wildman–Crippen MR) is 63.2 cm³/mol. The number of rotatable bonds is 5. The Morgan fingerprint density at radius 2 is 2.00 bits per heavy atom. The molecule has 0 rings (SSSR count). The molecule has 1 atom stereocenters. The van der Waals surface area contributed by atoms with Gasteiger partial charge in [-0.3, -0.25) is 0 Å². The Hall–Kier alpha value is -0.553. The number of azide groups is 1. The molecule has 0 saturated carbocycles. The van der Waals surface area contributed by atoms with Crippen molar-refractivity contribution >= 4 is 8.32 Å². The summed E-state index contributed by atoms with van der Waals surface area (Å²) in [7, 11) is -1.88. The molecule has 0 unspecified atom stereocenters. The van der Waals surface area contributed by atoms with Crippen molar-refractivity contribution < 1.29 is 9.53 Å². The summed E-state index contributed by atoms with van der Waals surface area (Å²) in [6, 6.07) is 0. The van der Waals surface area contributed by atoms with E-state index in [1.165, 1.54) is 0 Å². The van der Waals surface area contributed by atoms with Crippen LogP contribution in [0.5, 0.6) is 0 Å². The second-order valence-corrected chi connectivity index (χ2v) is 9.85. The van der Waals surface area contributed by atoms with Crippen molar-refractivity contribution in [1.82, 2.24) is 0 Å². The number of nitrogens with zero attached hydrogens (tertiary/aromatic N) is 3. The number of aliphatic hydroxyl groups excluding tert-OH is 1. The molecule has 0 aromatic rings. The SMILES string of the molecule is CC(C)(C)[Si](C)(C)O[C@H](CO)CN=[N+]=[N-]. The molecule has 6 heteroatoms. The van der Waals surface area contributed by atoms with E-state index in [0.29, 0.717) is 0 Å². The molecule has 1 N–H and O–H groups in total. The van der Waals surface area contributed by atoms with Gasteiger partial charge in [-0.15, -0.1) is 0 Å². The molecule has 0 fully saturated rings. The molecule has 0 aromatic heterocycles. The van der Waals surface area contributed by atoms with Crippen LogP contribution in [0.2, 0.25) is 18.1 Å². The smallest absolute Gasteiger partial charge is 0.192 e. The summed E-state index contributed by atoms with van der Waals surface area (Å²) in [4.78, 5) is 2.66. The van der Waals surface area contributed by atoms with E-state index in [9.17, 15) is 0 Å². The summed E-state index contributed by atoms with van der Waals surface area (Å²) in [5.74, 6) is 0. The van der Waals surface area contributed by atoms with E-state index in [1.54, 1.807) is 0 Å². The van der Waals surface area contributed by atoms with Gasteiger partial charge in [-0.2, -0.15) is 0 Å². The first-order chi connectivity index (χ1) is 6.74. The van der Waals surface area contributed by atoms with Crippen molar-refractivity contribution in [1.29, 1.82) is 0 Å². The maximum Gasteiger partial charge on any atom is 0.192 e. The van der Waals surface area contributed by atoms with Gasteiger partial charge >= 0.3 is 0 Å². The molecule has 0 spiro atoms. The Labute approximate surface area is 92.2 Å². The highest BCUT2D eigenvalue weighted by Crippen LogP contribution is 2.37. The minimum Gasteiger partial charge on any atom is -0.411 e. The zero-order chi connectivity index (χ0) is 12.1. The molecule has 0 aromatic carbocycles.